The zero-order chi connectivity index (χ0) is 14.5. The van der Waals surface area contributed by atoms with Gasteiger partial charge < -0.3 is 5.11 Å². The molecule has 20 heavy (non-hydrogen) atoms. The Morgan fingerprint density at radius 3 is 2.35 bits per heavy atom. The second-order valence-electron chi connectivity index (χ2n) is 5.09. The third-order valence-electron chi connectivity index (χ3n) is 3.24. The van der Waals surface area contributed by atoms with Crippen molar-refractivity contribution in [2.24, 2.45) is 5.92 Å². The van der Waals surface area contributed by atoms with E-state index in [9.17, 15) is 9.90 Å². The second-order valence-corrected chi connectivity index (χ2v) is 6.06. The lowest BCUT2D eigenvalue weighted by molar-refractivity contribution is -0.140. The molecule has 0 spiro atoms. The van der Waals surface area contributed by atoms with Crippen molar-refractivity contribution >= 4 is 17.3 Å². The first-order valence-electron chi connectivity index (χ1n) is 6.66. The van der Waals surface area contributed by atoms with E-state index in [2.05, 4.69) is 19.2 Å². The zero-order valence-corrected chi connectivity index (χ0v) is 12.4. The van der Waals surface area contributed by atoms with Crippen LogP contribution in [0.25, 0.3) is 0 Å². The van der Waals surface area contributed by atoms with E-state index in [0.717, 1.165) is 5.56 Å². The third-order valence-corrected chi connectivity index (χ3v) is 4.20. The van der Waals surface area contributed by atoms with Gasteiger partial charge in [-0.1, -0.05) is 50.2 Å². The molecule has 2 aromatic rings. The highest BCUT2D eigenvalue weighted by Crippen LogP contribution is 2.29. The lowest BCUT2D eigenvalue weighted by Crippen LogP contribution is -2.34. The topological polar surface area (TPSA) is 49.3 Å². The van der Waals surface area contributed by atoms with E-state index in [1.165, 1.54) is 4.88 Å². The van der Waals surface area contributed by atoms with Gasteiger partial charge in [0.2, 0.25) is 0 Å². The van der Waals surface area contributed by atoms with Crippen molar-refractivity contribution in [3.05, 3.63) is 58.3 Å². The van der Waals surface area contributed by atoms with Crippen LogP contribution in [0.2, 0.25) is 0 Å². The SMILES string of the molecule is CC(C)C(NC(C(=O)O)c1ccccc1)c1cccs1. The van der Waals surface area contributed by atoms with Crippen LogP contribution < -0.4 is 5.32 Å². The first-order chi connectivity index (χ1) is 9.59. The fourth-order valence-corrected chi connectivity index (χ4v) is 3.16. The van der Waals surface area contributed by atoms with Gasteiger partial charge in [0.15, 0.2) is 0 Å². The molecule has 3 nitrogen and oxygen atoms in total. The number of hydrogen-bond donors (Lipinski definition) is 2. The highest BCUT2D eigenvalue weighted by molar-refractivity contribution is 7.10. The number of carboxylic acids is 1. The standard InChI is InChI=1S/C16H19NO2S/c1-11(2)14(13-9-6-10-20-13)17-15(16(18)19)12-7-4-3-5-8-12/h3-11,14-15,17H,1-2H3,(H,18,19). The summed E-state index contributed by atoms with van der Waals surface area (Å²) in [6.07, 6.45) is 0. The highest BCUT2D eigenvalue weighted by Gasteiger charge is 2.26. The van der Waals surface area contributed by atoms with Gasteiger partial charge in [-0.25, -0.2) is 0 Å². The summed E-state index contributed by atoms with van der Waals surface area (Å²) >= 11 is 1.65. The first kappa shape index (κ1) is 14.8. The van der Waals surface area contributed by atoms with E-state index in [1.54, 1.807) is 11.3 Å². The van der Waals surface area contributed by atoms with Crippen molar-refractivity contribution in [3.63, 3.8) is 0 Å². The molecule has 2 unspecified atom stereocenters. The van der Waals surface area contributed by atoms with Crippen molar-refractivity contribution in [1.29, 1.82) is 0 Å². The summed E-state index contributed by atoms with van der Waals surface area (Å²) in [6, 6.07) is 12.7. The molecule has 106 valence electrons. The number of nitrogens with one attached hydrogen (secondary N) is 1. The summed E-state index contributed by atoms with van der Waals surface area (Å²) in [5, 5.41) is 14.8. The van der Waals surface area contributed by atoms with Gasteiger partial charge in [-0.15, -0.1) is 11.3 Å². The van der Waals surface area contributed by atoms with Crippen molar-refractivity contribution in [2.75, 3.05) is 0 Å². The summed E-state index contributed by atoms with van der Waals surface area (Å²) in [6.45, 7) is 4.20. The van der Waals surface area contributed by atoms with Crippen molar-refractivity contribution in [2.45, 2.75) is 25.9 Å². The lowest BCUT2D eigenvalue weighted by Gasteiger charge is -2.25. The van der Waals surface area contributed by atoms with Crippen molar-refractivity contribution < 1.29 is 9.90 Å². The van der Waals surface area contributed by atoms with Crippen LogP contribution in [0.15, 0.2) is 47.8 Å². The summed E-state index contributed by atoms with van der Waals surface area (Å²) in [7, 11) is 0. The van der Waals surface area contributed by atoms with Crippen LogP contribution in [0, 0.1) is 5.92 Å². The van der Waals surface area contributed by atoms with E-state index in [4.69, 9.17) is 0 Å². The third kappa shape index (κ3) is 3.46. The molecule has 4 heteroatoms. The Morgan fingerprint density at radius 1 is 1.15 bits per heavy atom. The summed E-state index contributed by atoms with van der Waals surface area (Å²) in [4.78, 5) is 12.7. The van der Waals surface area contributed by atoms with E-state index in [-0.39, 0.29) is 6.04 Å². The van der Waals surface area contributed by atoms with Gasteiger partial charge in [0.25, 0.3) is 0 Å². The fraction of sp³-hybridized carbons (Fsp3) is 0.312. The second kappa shape index (κ2) is 6.68. The van der Waals surface area contributed by atoms with E-state index in [1.807, 2.05) is 47.8 Å². The van der Waals surface area contributed by atoms with Crippen molar-refractivity contribution in [1.82, 2.24) is 5.32 Å². The molecule has 2 atom stereocenters. The van der Waals surface area contributed by atoms with Crippen LogP contribution >= 0.6 is 11.3 Å². The van der Waals surface area contributed by atoms with Crippen LogP contribution in [0.5, 0.6) is 0 Å². The van der Waals surface area contributed by atoms with Crippen molar-refractivity contribution in [3.8, 4) is 0 Å². The smallest absolute Gasteiger partial charge is 0.325 e. The Hall–Kier alpha value is -1.65. The molecule has 0 saturated heterocycles. The molecule has 1 aromatic heterocycles. The maximum absolute atomic E-state index is 11.6. The Kier molecular flexibility index (Phi) is 4.93. The Labute approximate surface area is 123 Å². The minimum Gasteiger partial charge on any atom is -0.480 e. The van der Waals surface area contributed by atoms with Crippen LogP contribution in [-0.4, -0.2) is 11.1 Å². The maximum Gasteiger partial charge on any atom is 0.325 e. The summed E-state index contributed by atoms with van der Waals surface area (Å²) in [5.74, 6) is -0.530. The minimum absolute atomic E-state index is 0.0382. The molecule has 0 aliphatic heterocycles. The maximum atomic E-state index is 11.6. The number of thiophene rings is 1. The molecule has 0 saturated carbocycles. The Morgan fingerprint density at radius 2 is 1.85 bits per heavy atom. The number of carbonyl (C=O) groups is 1. The molecule has 0 aliphatic rings. The summed E-state index contributed by atoms with van der Waals surface area (Å²) < 4.78 is 0. The van der Waals surface area contributed by atoms with Gasteiger partial charge in [0.1, 0.15) is 6.04 Å². The number of rotatable bonds is 6. The van der Waals surface area contributed by atoms with Gasteiger partial charge in [0.05, 0.1) is 0 Å². The quantitative estimate of drug-likeness (QED) is 0.849. The molecule has 2 rings (SSSR count). The van der Waals surface area contributed by atoms with Crippen LogP contribution in [0.1, 0.15) is 36.4 Å². The predicted molar refractivity (Wildman–Crippen MR) is 81.9 cm³/mol. The van der Waals surface area contributed by atoms with Gasteiger partial charge in [-0.2, -0.15) is 0 Å². The van der Waals surface area contributed by atoms with Gasteiger partial charge in [-0.3, -0.25) is 10.1 Å². The average molecular weight is 289 g/mol. The molecule has 0 amide bonds. The zero-order valence-electron chi connectivity index (χ0n) is 11.6. The first-order valence-corrected chi connectivity index (χ1v) is 7.54. The summed E-state index contributed by atoms with van der Waals surface area (Å²) in [5.41, 5.74) is 0.780. The van der Waals surface area contributed by atoms with E-state index < -0.39 is 12.0 Å². The normalized spacial score (nSPS) is 14.2. The Balaban J connectivity index is 2.25. The monoisotopic (exact) mass is 289 g/mol. The van der Waals surface area contributed by atoms with Crippen LogP contribution in [0.3, 0.4) is 0 Å². The lowest BCUT2D eigenvalue weighted by atomic mass is 9.99. The molecule has 0 aliphatic carbocycles. The average Bonchev–Trinajstić information content (AvgIpc) is 2.93. The largest absolute Gasteiger partial charge is 0.480 e. The molecular weight excluding hydrogens is 270 g/mol. The molecular formula is C16H19NO2S. The Bertz CT molecular complexity index is 537. The molecule has 2 N–H and O–H groups in total. The predicted octanol–water partition coefficient (Wildman–Crippen LogP) is 3.86. The van der Waals surface area contributed by atoms with Crippen LogP contribution in [0.4, 0.5) is 0 Å². The van der Waals surface area contributed by atoms with Gasteiger partial charge in [-0.05, 0) is 22.9 Å². The minimum atomic E-state index is -0.849. The van der Waals surface area contributed by atoms with Crippen LogP contribution in [-0.2, 0) is 4.79 Å². The van der Waals surface area contributed by atoms with E-state index in [0.29, 0.717) is 5.92 Å². The number of aliphatic carboxylic acids is 1. The molecule has 0 bridgehead atoms. The molecule has 0 radical (unpaired) electrons. The number of hydrogen-bond acceptors (Lipinski definition) is 3. The highest BCUT2D eigenvalue weighted by atomic mass is 32.1. The molecule has 0 fully saturated rings. The molecule has 1 heterocycles. The van der Waals surface area contributed by atoms with Gasteiger partial charge >= 0.3 is 5.97 Å². The number of carboxylic acid groups (broad SMARTS) is 1. The molecule has 1 aromatic carbocycles. The van der Waals surface area contributed by atoms with Gasteiger partial charge in [0, 0.05) is 10.9 Å². The fourth-order valence-electron chi connectivity index (χ4n) is 2.21. The van der Waals surface area contributed by atoms with E-state index >= 15 is 0 Å². The number of benzene rings is 1.